The van der Waals surface area contributed by atoms with Gasteiger partial charge in [-0.05, 0) is 146 Å². The van der Waals surface area contributed by atoms with E-state index < -0.39 is 0 Å². The van der Waals surface area contributed by atoms with Gasteiger partial charge in [0.05, 0.1) is 35.7 Å². The van der Waals surface area contributed by atoms with Gasteiger partial charge in [0.1, 0.15) is 78.0 Å². The zero-order valence-corrected chi connectivity index (χ0v) is 79.7. The third-order valence-electron chi connectivity index (χ3n) is 28.8. The normalized spacial score (nSPS) is 11.9. The molecule has 0 amide bonds. The molecule has 13 nitrogen and oxygen atoms in total. The van der Waals surface area contributed by atoms with Crippen molar-refractivity contribution in [3.63, 3.8) is 0 Å². The highest BCUT2D eigenvalue weighted by atomic mass is 32.1. The smallest absolute Gasteiger partial charge is 0.246 e. The van der Waals surface area contributed by atoms with Gasteiger partial charge in [0.2, 0.25) is 17.1 Å². The average Bonchev–Trinajstić information content (AvgIpc) is 1.65. The number of rotatable bonds is 11. The molecule has 147 heavy (non-hydrogen) atoms. The van der Waals surface area contributed by atoms with Crippen molar-refractivity contribution in [2.24, 2.45) is 0 Å². The molecule has 32 rings (SSSR count). The first-order valence-electron chi connectivity index (χ1n) is 48.8. The minimum Gasteiger partial charge on any atom is -0.455 e. The fourth-order valence-electron chi connectivity index (χ4n) is 21.6. The Balaban J connectivity index is 0.000000102. The van der Waals surface area contributed by atoms with Gasteiger partial charge in [-0.2, -0.15) is 0 Å². The van der Waals surface area contributed by atoms with Crippen LogP contribution in [0.25, 0.3) is 317 Å². The maximum absolute atomic E-state index is 6.33. The van der Waals surface area contributed by atoms with E-state index in [1.165, 1.54) is 62.6 Å². The van der Waals surface area contributed by atoms with Crippen molar-refractivity contribution in [3.8, 4) is 123 Å². The van der Waals surface area contributed by atoms with Crippen molar-refractivity contribution in [2.45, 2.75) is 0 Å². The molecule has 20 aromatic carbocycles. The Morgan fingerprint density at radius 1 is 0.156 bits per heavy atom. The van der Waals surface area contributed by atoms with Crippen LogP contribution in [-0.2, 0) is 0 Å². The second-order valence-electron chi connectivity index (χ2n) is 37.2. The van der Waals surface area contributed by atoms with E-state index in [0.717, 1.165) is 238 Å². The summed E-state index contributed by atoms with van der Waals surface area (Å²) in [5.74, 6) is 0. The van der Waals surface area contributed by atoms with Gasteiger partial charge in [0.25, 0.3) is 0 Å². The number of para-hydroxylation sites is 8. The lowest BCUT2D eigenvalue weighted by atomic mass is 9.98. The molecule has 12 heterocycles. The Labute approximate surface area is 844 Å². The fraction of sp³-hybridized carbons (Fsp3) is 0. The lowest BCUT2D eigenvalue weighted by Crippen LogP contribution is -1.88. The molecule has 0 aliphatic heterocycles. The van der Waals surface area contributed by atoms with Crippen LogP contribution in [-0.4, -0.2) is 29.9 Å². The monoisotopic (exact) mass is 1920 g/mol. The first-order valence-corrected chi connectivity index (χ1v) is 50.5. The van der Waals surface area contributed by atoms with E-state index in [1.807, 2.05) is 120 Å². The Hall–Kier alpha value is -19.3. The van der Waals surface area contributed by atoms with Crippen molar-refractivity contribution in [2.75, 3.05) is 0 Å². The molecule has 32 aromatic rings. The summed E-state index contributed by atoms with van der Waals surface area (Å²) >= 11 is 3.72. The minimum absolute atomic E-state index is 0.510. The molecule has 0 saturated heterocycles. The van der Waals surface area contributed by atoms with Crippen LogP contribution in [0.4, 0.5) is 0 Å². The molecule has 0 N–H and O–H groups in total. The van der Waals surface area contributed by atoms with Crippen molar-refractivity contribution in [1.82, 2.24) is 29.9 Å². The standard InChI is InChI=1S/C46H26N2O3.C46H26N2OS2.C40H22N2O3/c1-3-13-40-34(7-1)36-11-5-9-32(44(36)49-40)28-17-15-27(16-18-28)31-23-24-42-38(25-31)43-46(51-42)47-26-39(48-43)30-21-19-29(20-22-30)33-10-6-12-37-35-8-2-4-14-41(35)50-45(33)37;1-3-13-41-34(7-1)36-11-5-9-32(44(36)50-41)28-17-15-27(16-18-28)31-23-24-40-38(25-31)43-46(49-40)47-26-39(48-43)30-21-19-29(20-22-30)33-10-6-12-37-35-8-2-4-14-42(35)51-45(33)37;1-3-16-34-28(10-1)30-14-6-12-26(38(30)43-34)23-8-5-9-25(20-23)33-22-41-40-37(42-33)32-21-24(18-19-36(32)45-40)27-13-7-15-31-29-11-2-4-17-35(29)44-39(27)31/h2*1-26H;1-22H. The summed E-state index contributed by atoms with van der Waals surface area (Å²) in [6, 6.07) is 150. The largest absolute Gasteiger partial charge is 0.455 e. The quantitative estimate of drug-likeness (QED) is 0.120. The van der Waals surface area contributed by atoms with Crippen molar-refractivity contribution >= 4 is 217 Å². The number of aromatic nitrogens is 6. The van der Waals surface area contributed by atoms with E-state index >= 15 is 0 Å². The Morgan fingerprint density at radius 3 is 0.782 bits per heavy atom. The molecular weight excluding hydrogens is 1850 g/mol. The third kappa shape index (κ3) is 14.0. The van der Waals surface area contributed by atoms with Gasteiger partial charge in [-0.3, -0.25) is 0 Å². The summed E-state index contributed by atoms with van der Waals surface area (Å²) < 4.78 is 48.9. The predicted octanol–water partition coefficient (Wildman–Crippen LogP) is 37.8. The molecule has 0 atom stereocenters. The van der Waals surface area contributed by atoms with Gasteiger partial charge in [0, 0.05) is 139 Å². The highest BCUT2D eigenvalue weighted by Gasteiger charge is 2.25. The molecule has 0 aliphatic carbocycles. The number of furan rings is 7. The van der Waals surface area contributed by atoms with Crippen LogP contribution in [0.15, 0.2) is 480 Å². The number of nitrogens with zero attached hydrogens (tertiary/aromatic N) is 6. The lowest BCUT2D eigenvalue weighted by molar-refractivity contribution is 0.652. The van der Waals surface area contributed by atoms with Gasteiger partial charge in [0.15, 0.2) is 0 Å². The minimum atomic E-state index is 0.510. The van der Waals surface area contributed by atoms with Gasteiger partial charge in [-0.1, -0.05) is 352 Å². The van der Waals surface area contributed by atoms with E-state index in [4.69, 9.17) is 55.8 Å². The zero-order chi connectivity index (χ0) is 96.4. The summed E-state index contributed by atoms with van der Waals surface area (Å²) in [5.41, 5.74) is 36.4. The Kier molecular flexibility index (Phi) is 19.1. The second kappa shape index (κ2) is 33.7. The summed E-state index contributed by atoms with van der Waals surface area (Å²) in [4.78, 5) is 29.3. The van der Waals surface area contributed by atoms with Crippen LogP contribution in [0.3, 0.4) is 0 Å². The maximum Gasteiger partial charge on any atom is 0.246 e. The number of thiophene rings is 2. The van der Waals surface area contributed by atoms with E-state index in [1.54, 1.807) is 12.4 Å². The fourth-order valence-corrected chi connectivity index (χ4v) is 24.0. The van der Waals surface area contributed by atoms with E-state index in [0.29, 0.717) is 17.1 Å². The molecule has 0 spiro atoms. The van der Waals surface area contributed by atoms with Crippen LogP contribution >= 0.6 is 22.7 Å². The molecule has 686 valence electrons. The zero-order valence-electron chi connectivity index (χ0n) is 78.1. The van der Waals surface area contributed by atoms with Crippen LogP contribution in [0.1, 0.15) is 0 Å². The van der Waals surface area contributed by atoms with Crippen LogP contribution in [0, 0.1) is 0 Å². The van der Waals surface area contributed by atoms with Gasteiger partial charge >= 0.3 is 0 Å². The van der Waals surface area contributed by atoms with Crippen molar-refractivity contribution in [1.29, 1.82) is 0 Å². The average molecular weight is 1920 g/mol. The molecule has 0 saturated carbocycles. The maximum atomic E-state index is 6.33. The highest BCUT2D eigenvalue weighted by molar-refractivity contribution is 7.26. The summed E-state index contributed by atoms with van der Waals surface area (Å²) in [6.45, 7) is 0. The molecule has 15 heteroatoms. The third-order valence-corrected chi connectivity index (χ3v) is 31.2. The molecule has 0 radical (unpaired) electrons. The SMILES string of the molecule is c1cc(-c2cnc3oc4ccc(-c5cccc6c5oc5ccccc56)cc4c3n2)cc(-c2cccc3c2oc2ccccc23)c1.c1ccc2c(c1)oc1c(-c3ccc(-c4ccc5oc6ncc(-c7ccc(-c8cccc9c8oc8ccccc89)cc7)nc6c5c4)cc3)cccc12.c1ccc2c(c1)sc1c(-c3ccc(-c4ccc5oc6ncc(-c7ccc(-c8cccc9c8sc8ccccc89)cc7)nc6c5c4)cc3)cccc12. The predicted molar refractivity (Wildman–Crippen MR) is 603 cm³/mol. The Morgan fingerprint density at radius 2 is 0.408 bits per heavy atom. The topological polar surface area (TPSA) is 169 Å². The lowest BCUT2D eigenvalue weighted by Gasteiger charge is -2.07. The molecule has 0 fully saturated rings. The summed E-state index contributed by atoms with van der Waals surface area (Å²) in [5, 5.41) is 17.0. The molecular formula is C132H74N6O7S2. The summed E-state index contributed by atoms with van der Waals surface area (Å²) in [6.07, 6.45) is 5.37. The van der Waals surface area contributed by atoms with E-state index in [9.17, 15) is 0 Å². The van der Waals surface area contributed by atoms with Crippen molar-refractivity contribution < 1.29 is 30.9 Å². The number of fused-ring (bicyclic) bond motifs is 27. The first-order chi connectivity index (χ1) is 72.8. The first kappa shape index (κ1) is 83.5. The number of hydrogen-bond acceptors (Lipinski definition) is 15. The highest BCUT2D eigenvalue weighted by Crippen LogP contribution is 2.48. The van der Waals surface area contributed by atoms with Gasteiger partial charge in [-0.15, -0.1) is 22.7 Å². The van der Waals surface area contributed by atoms with Crippen LogP contribution in [0.2, 0.25) is 0 Å². The van der Waals surface area contributed by atoms with Gasteiger partial charge < -0.3 is 30.9 Å². The Bertz CT molecular complexity index is 10200. The van der Waals surface area contributed by atoms with E-state index in [-0.39, 0.29) is 0 Å². The summed E-state index contributed by atoms with van der Waals surface area (Å²) in [7, 11) is 0. The van der Waals surface area contributed by atoms with Crippen molar-refractivity contribution in [3.05, 3.63) is 449 Å². The number of hydrogen-bond donors (Lipinski definition) is 0. The van der Waals surface area contributed by atoms with Crippen LogP contribution < -0.4 is 0 Å². The number of benzene rings is 20. The molecule has 0 bridgehead atoms. The van der Waals surface area contributed by atoms with E-state index in [2.05, 4.69) is 345 Å². The molecule has 12 aromatic heterocycles. The van der Waals surface area contributed by atoms with Gasteiger partial charge in [-0.25, -0.2) is 29.9 Å². The molecule has 0 unspecified atom stereocenters. The second-order valence-corrected chi connectivity index (χ2v) is 39.3. The molecule has 0 aliphatic rings. The van der Waals surface area contributed by atoms with Crippen LogP contribution in [0.5, 0.6) is 0 Å².